The van der Waals surface area contributed by atoms with Crippen molar-refractivity contribution in [3.05, 3.63) is 42.0 Å². The first kappa shape index (κ1) is 10.5. The van der Waals surface area contributed by atoms with Crippen LogP contribution in [0.1, 0.15) is 5.56 Å². The molecule has 1 aromatic carbocycles. The van der Waals surface area contributed by atoms with E-state index in [1.807, 2.05) is 0 Å². The summed E-state index contributed by atoms with van der Waals surface area (Å²) in [6.45, 7) is 0. The molecule has 0 amide bonds. The van der Waals surface area contributed by atoms with Crippen molar-refractivity contribution in [1.29, 1.82) is 0 Å². The monoisotopic (exact) mass is 218 g/mol. The summed E-state index contributed by atoms with van der Waals surface area (Å²) in [5.74, 6) is -0.303. The minimum atomic E-state index is -0.303. The van der Waals surface area contributed by atoms with Gasteiger partial charge in [-0.05, 0) is 17.7 Å². The number of carbonyl (C=O) groups excluding carboxylic acids is 1. The Bertz CT molecular complexity index is 519. The molecule has 0 aliphatic carbocycles. The van der Waals surface area contributed by atoms with Gasteiger partial charge in [-0.15, -0.1) is 0 Å². The lowest BCUT2D eigenvalue weighted by Gasteiger charge is -2.02. The smallest absolute Gasteiger partial charge is 0.131 e. The van der Waals surface area contributed by atoms with Crippen LogP contribution in [-0.2, 0) is 18.3 Å². The van der Waals surface area contributed by atoms with Gasteiger partial charge in [0.05, 0.1) is 6.20 Å². The molecule has 82 valence electrons. The van der Waals surface area contributed by atoms with Gasteiger partial charge < -0.3 is 4.79 Å². The number of rotatable bonds is 3. The lowest BCUT2D eigenvalue weighted by molar-refractivity contribution is -0.107. The molecule has 0 N–H and O–H groups in total. The number of halogens is 1. The Labute approximate surface area is 92.5 Å². The fraction of sp³-hybridized carbons (Fsp3) is 0.167. The van der Waals surface area contributed by atoms with Crippen LogP contribution in [0.25, 0.3) is 11.1 Å². The van der Waals surface area contributed by atoms with E-state index < -0.39 is 0 Å². The van der Waals surface area contributed by atoms with Crippen molar-refractivity contribution in [3.8, 4) is 11.1 Å². The summed E-state index contributed by atoms with van der Waals surface area (Å²) in [5.41, 5.74) is 2.00. The Morgan fingerprint density at radius 1 is 1.50 bits per heavy atom. The van der Waals surface area contributed by atoms with E-state index in [1.165, 1.54) is 6.07 Å². The van der Waals surface area contributed by atoms with Crippen LogP contribution in [0.3, 0.4) is 0 Å². The molecule has 0 aliphatic heterocycles. The van der Waals surface area contributed by atoms with Crippen LogP contribution in [0.4, 0.5) is 4.39 Å². The van der Waals surface area contributed by atoms with Crippen LogP contribution >= 0.6 is 0 Å². The second-order valence-electron chi connectivity index (χ2n) is 3.59. The van der Waals surface area contributed by atoms with Gasteiger partial charge in [-0.25, -0.2) is 4.39 Å². The van der Waals surface area contributed by atoms with Gasteiger partial charge in [-0.3, -0.25) is 4.68 Å². The van der Waals surface area contributed by atoms with Crippen molar-refractivity contribution >= 4 is 6.29 Å². The van der Waals surface area contributed by atoms with Gasteiger partial charge in [0.15, 0.2) is 0 Å². The quantitative estimate of drug-likeness (QED) is 0.738. The van der Waals surface area contributed by atoms with Crippen LogP contribution in [0, 0.1) is 5.82 Å². The Hall–Kier alpha value is -1.97. The number of nitrogens with zero attached hydrogens (tertiary/aromatic N) is 2. The number of hydrogen-bond donors (Lipinski definition) is 0. The van der Waals surface area contributed by atoms with Gasteiger partial charge in [0, 0.05) is 30.8 Å². The van der Waals surface area contributed by atoms with Crippen LogP contribution in [-0.4, -0.2) is 16.1 Å². The number of aryl methyl sites for hydroxylation is 1. The Kier molecular flexibility index (Phi) is 2.81. The standard InChI is InChI=1S/C12H11FN2O/c1-15-8-10(7-14-15)11-6-9(4-5-16)2-3-12(11)13/h2-3,5-8H,4H2,1H3. The van der Waals surface area contributed by atoms with E-state index in [9.17, 15) is 9.18 Å². The number of aldehydes is 1. The number of hydrogen-bond acceptors (Lipinski definition) is 2. The van der Waals surface area contributed by atoms with Gasteiger partial charge in [-0.1, -0.05) is 6.07 Å². The summed E-state index contributed by atoms with van der Waals surface area (Å²) in [6.07, 6.45) is 4.44. The number of aromatic nitrogens is 2. The molecular formula is C12H11FN2O. The van der Waals surface area contributed by atoms with Crippen molar-refractivity contribution in [2.45, 2.75) is 6.42 Å². The van der Waals surface area contributed by atoms with Crippen molar-refractivity contribution in [3.63, 3.8) is 0 Å². The molecular weight excluding hydrogens is 207 g/mol. The maximum Gasteiger partial charge on any atom is 0.131 e. The molecule has 3 nitrogen and oxygen atoms in total. The molecule has 2 rings (SSSR count). The fourth-order valence-corrected chi connectivity index (χ4v) is 1.58. The normalized spacial score (nSPS) is 10.4. The average molecular weight is 218 g/mol. The number of benzene rings is 1. The minimum absolute atomic E-state index is 0.299. The van der Waals surface area contributed by atoms with E-state index in [0.717, 1.165) is 11.8 Å². The van der Waals surface area contributed by atoms with Crippen LogP contribution in [0.15, 0.2) is 30.6 Å². The number of carbonyl (C=O) groups is 1. The van der Waals surface area contributed by atoms with Gasteiger partial charge >= 0.3 is 0 Å². The van der Waals surface area contributed by atoms with Crippen molar-refractivity contribution in [2.75, 3.05) is 0 Å². The molecule has 1 heterocycles. The molecule has 0 unspecified atom stereocenters. The Balaban J connectivity index is 2.46. The predicted molar refractivity (Wildman–Crippen MR) is 58.4 cm³/mol. The van der Waals surface area contributed by atoms with E-state index in [1.54, 1.807) is 36.3 Å². The molecule has 0 bridgehead atoms. The molecule has 0 atom stereocenters. The highest BCUT2D eigenvalue weighted by atomic mass is 19.1. The zero-order valence-electron chi connectivity index (χ0n) is 8.85. The summed E-state index contributed by atoms with van der Waals surface area (Å²) in [4.78, 5) is 10.4. The maximum absolute atomic E-state index is 13.6. The van der Waals surface area contributed by atoms with Crippen LogP contribution in [0.5, 0.6) is 0 Å². The van der Waals surface area contributed by atoms with Crippen LogP contribution in [0.2, 0.25) is 0 Å². The van der Waals surface area contributed by atoms with Crippen molar-refractivity contribution in [2.24, 2.45) is 7.05 Å². The summed E-state index contributed by atoms with van der Waals surface area (Å²) < 4.78 is 15.2. The molecule has 0 fully saturated rings. The topological polar surface area (TPSA) is 34.9 Å². The lowest BCUT2D eigenvalue weighted by Crippen LogP contribution is -1.90. The van der Waals surface area contributed by atoms with Gasteiger partial charge in [0.25, 0.3) is 0 Å². The summed E-state index contributed by atoms with van der Waals surface area (Å²) in [5, 5.41) is 3.99. The maximum atomic E-state index is 13.6. The zero-order chi connectivity index (χ0) is 11.5. The summed E-state index contributed by atoms with van der Waals surface area (Å²) >= 11 is 0. The zero-order valence-corrected chi connectivity index (χ0v) is 8.85. The van der Waals surface area contributed by atoms with E-state index in [0.29, 0.717) is 17.5 Å². The highest BCUT2D eigenvalue weighted by Crippen LogP contribution is 2.23. The molecule has 4 heteroatoms. The first-order valence-electron chi connectivity index (χ1n) is 4.92. The molecule has 0 saturated heterocycles. The summed E-state index contributed by atoms with van der Waals surface area (Å²) in [6, 6.07) is 4.67. The van der Waals surface area contributed by atoms with E-state index in [-0.39, 0.29) is 5.82 Å². The lowest BCUT2D eigenvalue weighted by atomic mass is 10.0. The fourth-order valence-electron chi connectivity index (χ4n) is 1.58. The van der Waals surface area contributed by atoms with Crippen molar-refractivity contribution in [1.82, 2.24) is 9.78 Å². The van der Waals surface area contributed by atoms with Crippen LogP contribution < -0.4 is 0 Å². The molecule has 1 aromatic heterocycles. The second-order valence-corrected chi connectivity index (χ2v) is 3.59. The third-order valence-corrected chi connectivity index (χ3v) is 2.37. The Morgan fingerprint density at radius 2 is 2.31 bits per heavy atom. The van der Waals surface area contributed by atoms with Gasteiger partial charge in [0.1, 0.15) is 12.1 Å². The highest BCUT2D eigenvalue weighted by molar-refractivity contribution is 5.65. The van der Waals surface area contributed by atoms with Gasteiger partial charge in [-0.2, -0.15) is 5.10 Å². The largest absolute Gasteiger partial charge is 0.303 e. The highest BCUT2D eigenvalue weighted by Gasteiger charge is 2.07. The van der Waals surface area contributed by atoms with E-state index >= 15 is 0 Å². The molecule has 0 spiro atoms. The Morgan fingerprint density at radius 3 is 2.94 bits per heavy atom. The summed E-state index contributed by atoms with van der Waals surface area (Å²) in [7, 11) is 1.77. The predicted octanol–water partition coefficient (Wildman–Crippen LogP) is 1.97. The van der Waals surface area contributed by atoms with Gasteiger partial charge in [0.2, 0.25) is 0 Å². The third kappa shape index (κ3) is 2.00. The average Bonchev–Trinajstić information content (AvgIpc) is 2.68. The molecule has 0 aliphatic rings. The minimum Gasteiger partial charge on any atom is -0.303 e. The first-order valence-corrected chi connectivity index (χ1v) is 4.92. The van der Waals surface area contributed by atoms with Crippen molar-refractivity contribution < 1.29 is 9.18 Å². The second kappa shape index (κ2) is 4.26. The molecule has 16 heavy (non-hydrogen) atoms. The van der Waals surface area contributed by atoms with E-state index in [4.69, 9.17) is 0 Å². The molecule has 0 saturated carbocycles. The molecule has 2 aromatic rings. The SMILES string of the molecule is Cn1cc(-c2cc(CC=O)ccc2F)cn1. The van der Waals surface area contributed by atoms with E-state index in [2.05, 4.69) is 5.10 Å². The first-order chi connectivity index (χ1) is 7.70. The molecule has 0 radical (unpaired) electrons. The third-order valence-electron chi connectivity index (χ3n) is 2.37.